The number of piperidine rings is 1. The fourth-order valence-corrected chi connectivity index (χ4v) is 3.71. The first kappa shape index (κ1) is 15.7. The van der Waals surface area contributed by atoms with Crippen molar-refractivity contribution in [2.24, 2.45) is 0 Å². The molecule has 1 aliphatic carbocycles. The second-order valence-electron chi connectivity index (χ2n) is 6.12. The molecule has 0 amide bonds. The van der Waals surface area contributed by atoms with Crippen molar-refractivity contribution in [2.75, 3.05) is 13.6 Å². The van der Waals surface area contributed by atoms with E-state index in [1.54, 1.807) is 0 Å². The average Bonchev–Trinajstić information content (AvgIpc) is 2.50. The van der Waals surface area contributed by atoms with Gasteiger partial charge in [0.2, 0.25) is 5.78 Å². The van der Waals surface area contributed by atoms with Gasteiger partial charge in [0.05, 0.1) is 0 Å². The minimum atomic E-state index is -0.628. The van der Waals surface area contributed by atoms with Crippen LogP contribution in [0.3, 0.4) is 0 Å². The van der Waals surface area contributed by atoms with E-state index in [-0.39, 0.29) is 17.8 Å². The highest BCUT2D eigenvalue weighted by molar-refractivity contribution is 9.10. The molecule has 4 nitrogen and oxygen atoms in total. The summed E-state index contributed by atoms with van der Waals surface area (Å²) in [4.78, 5) is 26.9. The zero-order chi connectivity index (χ0) is 15.7. The minimum Gasteiger partial charge on any atom is -0.453 e. The Labute approximate surface area is 138 Å². The van der Waals surface area contributed by atoms with Gasteiger partial charge in [-0.2, -0.15) is 0 Å². The van der Waals surface area contributed by atoms with E-state index in [0.717, 1.165) is 42.3 Å². The van der Waals surface area contributed by atoms with Gasteiger partial charge in [0, 0.05) is 10.0 Å². The van der Waals surface area contributed by atoms with Crippen molar-refractivity contribution in [3.63, 3.8) is 0 Å². The molecule has 0 N–H and O–H groups in total. The largest absolute Gasteiger partial charge is 0.453 e. The number of halogens is 1. The van der Waals surface area contributed by atoms with Crippen molar-refractivity contribution in [3.05, 3.63) is 33.8 Å². The van der Waals surface area contributed by atoms with Gasteiger partial charge in [-0.3, -0.25) is 14.5 Å². The number of likely N-dealkylation sites (N-methyl/N-ethyl adjacent to an activating group) is 1. The topological polar surface area (TPSA) is 46.6 Å². The molecule has 1 aliphatic heterocycles. The fraction of sp³-hybridized carbons (Fsp3) is 0.529. The predicted molar refractivity (Wildman–Crippen MR) is 86.9 cm³/mol. The summed E-state index contributed by atoms with van der Waals surface area (Å²) in [7, 11) is 1.95. The van der Waals surface area contributed by atoms with E-state index in [0.29, 0.717) is 12.0 Å². The summed E-state index contributed by atoms with van der Waals surface area (Å²) >= 11 is 3.42. The monoisotopic (exact) mass is 365 g/mol. The van der Waals surface area contributed by atoms with Gasteiger partial charge in [0.1, 0.15) is 6.04 Å². The molecule has 5 heteroatoms. The zero-order valence-electron chi connectivity index (χ0n) is 12.7. The maximum absolute atomic E-state index is 12.5. The molecule has 1 saturated heterocycles. The van der Waals surface area contributed by atoms with Crippen molar-refractivity contribution in [2.45, 2.75) is 44.2 Å². The molecule has 1 aromatic rings. The number of ether oxygens (including phenoxy) is 1. The third-order valence-electron chi connectivity index (χ3n) is 4.60. The summed E-state index contributed by atoms with van der Waals surface area (Å²) in [6, 6.07) is 5.44. The number of hydrogen-bond acceptors (Lipinski definition) is 4. The summed E-state index contributed by atoms with van der Waals surface area (Å²) in [5, 5.41) is 0. The molecule has 118 valence electrons. The number of benzene rings is 1. The van der Waals surface area contributed by atoms with E-state index in [1.807, 2.05) is 30.1 Å². The first-order valence-corrected chi connectivity index (χ1v) is 8.59. The molecule has 0 aromatic heterocycles. The van der Waals surface area contributed by atoms with E-state index in [9.17, 15) is 9.59 Å². The number of carbonyl (C=O) groups excluding carboxylic acids is 2. The normalized spacial score (nSPS) is 25.6. The van der Waals surface area contributed by atoms with Crippen LogP contribution >= 0.6 is 15.9 Å². The summed E-state index contributed by atoms with van der Waals surface area (Å²) in [5.41, 5.74) is 1.71. The lowest BCUT2D eigenvalue weighted by atomic mass is 9.88. The van der Waals surface area contributed by atoms with Gasteiger partial charge in [-0.1, -0.05) is 22.4 Å². The number of hydrogen-bond donors (Lipinski definition) is 0. The third kappa shape index (κ3) is 3.10. The number of likely N-dealkylation sites (tertiary alicyclic amines) is 1. The smallest absolute Gasteiger partial charge is 0.324 e. The van der Waals surface area contributed by atoms with Crippen LogP contribution in [0, 0.1) is 0 Å². The van der Waals surface area contributed by atoms with Crippen LogP contribution in [0.4, 0.5) is 0 Å². The van der Waals surface area contributed by atoms with Crippen molar-refractivity contribution in [1.82, 2.24) is 4.90 Å². The number of ketones is 1. The van der Waals surface area contributed by atoms with Crippen molar-refractivity contribution in [3.8, 4) is 0 Å². The van der Waals surface area contributed by atoms with Crippen molar-refractivity contribution >= 4 is 27.7 Å². The van der Waals surface area contributed by atoms with Gasteiger partial charge < -0.3 is 4.74 Å². The summed E-state index contributed by atoms with van der Waals surface area (Å²) in [5.74, 6) is -0.318. The Morgan fingerprint density at radius 1 is 1.32 bits per heavy atom. The Bertz CT molecular complexity index is 602. The molecule has 2 unspecified atom stereocenters. The SMILES string of the molecule is CN1CCCCC1C(=O)OC1CCc2cc(Br)ccc2C1=O. The Hall–Kier alpha value is -1.20. The highest BCUT2D eigenvalue weighted by Gasteiger charge is 2.34. The van der Waals surface area contributed by atoms with Crippen LogP contribution in [0.2, 0.25) is 0 Å². The Morgan fingerprint density at radius 3 is 2.91 bits per heavy atom. The Morgan fingerprint density at radius 2 is 2.14 bits per heavy atom. The van der Waals surface area contributed by atoms with E-state index >= 15 is 0 Å². The van der Waals surface area contributed by atoms with Gasteiger partial charge in [-0.05, 0) is 63.0 Å². The number of rotatable bonds is 2. The second-order valence-corrected chi connectivity index (χ2v) is 7.04. The molecule has 1 fully saturated rings. The molecule has 22 heavy (non-hydrogen) atoms. The summed E-state index contributed by atoms with van der Waals surface area (Å²) in [6.45, 7) is 0.912. The Balaban J connectivity index is 1.70. The third-order valence-corrected chi connectivity index (χ3v) is 5.10. The van der Waals surface area contributed by atoms with Crippen LogP contribution in [0.15, 0.2) is 22.7 Å². The first-order valence-electron chi connectivity index (χ1n) is 7.79. The quantitative estimate of drug-likeness (QED) is 0.755. The molecule has 0 saturated carbocycles. The number of carbonyl (C=O) groups is 2. The van der Waals surface area contributed by atoms with Gasteiger partial charge in [0.15, 0.2) is 6.10 Å². The highest BCUT2D eigenvalue weighted by atomic mass is 79.9. The van der Waals surface area contributed by atoms with Crippen molar-refractivity contribution in [1.29, 1.82) is 0 Å². The number of fused-ring (bicyclic) bond motifs is 1. The molecule has 1 aromatic carbocycles. The fourth-order valence-electron chi connectivity index (χ4n) is 3.30. The van der Waals surface area contributed by atoms with Gasteiger partial charge in [-0.25, -0.2) is 0 Å². The number of esters is 1. The van der Waals surface area contributed by atoms with E-state index in [4.69, 9.17) is 4.74 Å². The van der Waals surface area contributed by atoms with Crippen LogP contribution in [-0.4, -0.2) is 42.4 Å². The lowest BCUT2D eigenvalue weighted by Gasteiger charge is -2.32. The molecule has 2 aliphatic rings. The number of nitrogens with zero attached hydrogens (tertiary/aromatic N) is 1. The Kier molecular flexibility index (Phi) is 4.64. The van der Waals surface area contributed by atoms with E-state index in [2.05, 4.69) is 15.9 Å². The van der Waals surface area contributed by atoms with Crippen LogP contribution < -0.4 is 0 Å². The lowest BCUT2D eigenvalue weighted by Crippen LogP contribution is -2.45. The van der Waals surface area contributed by atoms with Gasteiger partial charge in [0.25, 0.3) is 0 Å². The highest BCUT2D eigenvalue weighted by Crippen LogP contribution is 2.27. The molecular weight excluding hydrogens is 346 g/mol. The second kappa shape index (κ2) is 6.50. The van der Waals surface area contributed by atoms with Crippen LogP contribution in [-0.2, 0) is 16.0 Å². The number of Topliss-reactive ketones (excluding diaryl/α,β-unsaturated/α-hetero) is 1. The molecule has 3 rings (SSSR count). The van der Waals surface area contributed by atoms with Crippen molar-refractivity contribution < 1.29 is 14.3 Å². The molecule has 2 atom stereocenters. The van der Waals surface area contributed by atoms with Crippen LogP contribution in [0.25, 0.3) is 0 Å². The van der Waals surface area contributed by atoms with E-state index in [1.165, 1.54) is 0 Å². The van der Waals surface area contributed by atoms with Crippen LogP contribution in [0.5, 0.6) is 0 Å². The standard InChI is InChI=1S/C17H20BrNO3/c1-19-9-3-2-4-14(19)17(21)22-15-8-5-11-10-12(18)6-7-13(11)16(15)20/h6-7,10,14-15H,2-5,8-9H2,1H3. The minimum absolute atomic E-state index is 0.0689. The lowest BCUT2D eigenvalue weighted by molar-refractivity contribution is -0.154. The molecule has 0 radical (unpaired) electrons. The first-order chi connectivity index (χ1) is 10.6. The maximum Gasteiger partial charge on any atom is 0.324 e. The summed E-state index contributed by atoms with van der Waals surface area (Å²) < 4.78 is 6.53. The van der Waals surface area contributed by atoms with Crippen LogP contribution in [0.1, 0.15) is 41.6 Å². The maximum atomic E-state index is 12.5. The van der Waals surface area contributed by atoms with Gasteiger partial charge >= 0.3 is 5.97 Å². The number of aryl methyl sites for hydroxylation is 1. The van der Waals surface area contributed by atoms with E-state index < -0.39 is 6.10 Å². The molecule has 0 spiro atoms. The molecular formula is C17H20BrNO3. The summed E-state index contributed by atoms with van der Waals surface area (Å²) in [6.07, 6.45) is 3.68. The average molecular weight is 366 g/mol. The molecule has 1 heterocycles. The predicted octanol–water partition coefficient (Wildman–Crippen LogP) is 2.97. The zero-order valence-corrected chi connectivity index (χ0v) is 14.3. The molecule has 0 bridgehead atoms. The van der Waals surface area contributed by atoms with Gasteiger partial charge in [-0.15, -0.1) is 0 Å².